The van der Waals surface area contributed by atoms with E-state index in [1.807, 2.05) is 0 Å². The molecule has 0 unspecified atom stereocenters. The molecule has 2 aromatic rings. The molecule has 2 rings (SSSR count). The molecule has 0 saturated heterocycles. The first kappa shape index (κ1) is 20.6. The fraction of sp³-hybridized carbons (Fsp3) is 0. The Morgan fingerprint density at radius 3 is 1.46 bits per heavy atom. The van der Waals surface area contributed by atoms with Crippen LogP contribution in [0, 0.1) is 0 Å². The topological polar surface area (TPSA) is 217 Å². The first-order valence-corrected chi connectivity index (χ1v) is 11.7. The Bertz CT molecular complexity index is 1350. The summed E-state index contributed by atoms with van der Waals surface area (Å²) in [6, 6.07) is 2.18. The molecule has 16 heteroatoms. The van der Waals surface area contributed by atoms with Gasteiger partial charge in [0.15, 0.2) is 0 Å². The minimum atomic E-state index is -5.61. The Morgan fingerprint density at radius 2 is 1.08 bits per heavy atom. The third-order valence-electron chi connectivity index (χ3n) is 3.08. The Labute approximate surface area is 147 Å². The molecule has 0 aliphatic carbocycles. The molecule has 0 aromatic heterocycles. The Morgan fingerprint density at radius 1 is 0.577 bits per heavy atom. The van der Waals surface area contributed by atoms with Crippen molar-refractivity contribution in [2.45, 2.75) is 19.6 Å². The van der Waals surface area contributed by atoms with Gasteiger partial charge in [-0.15, -0.1) is 0 Å². The molecule has 144 valence electrons. The number of hydrogen-bond donors (Lipinski definition) is 4. The van der Waals surface area contributed by atoms with E-state index >= 15 is 0 Å². The molecule has 0 amide bonds. The molecule has 0 aliphatic rings. The van der Waals surface area contributed by atoms with E-state index in [1.165, 1.54) is 0 Å². The maximum atomic E-state index is 11.6. The van der Waals surface area contributed by atoms with Crippen molar-refractivity contribution in [2.24, 2.45) is 0 Å². The second kappa shape index (κ2) is 5.92. The van der Waals surface area contributed by atoms with E-state index < -0.39 is 70.8 Å². The zero-order chi connectivity index (χ0) is 20.3. The van der Waals surface area contributed by atoms with Gasteiger partial charge in [-0.25, -0.2) is 0 Å². The Kier molecular flexibility index (Phi) is 4.71. The summed E-state index contributed by atoms with van der Waals surface area (Å²) in [6.45, 7) is 0. The molecular weight excluding hydrogens is 440 g/mol. The van der Waals surface area contributed by atoms with E-state index in [0.29, 0.717) is 24.3 Å². The van der Waals surface area contributed by atoms with Gasteiger partial charge in [0.25, 0.3) is 40.5 Å². The van der Waals surface area contributed by atoms with Crippen molar-refractivity contribution in [1.82, 2.24) is 0 Å². The van der Waals surface area contributed by atoms with Crippen LogP contribution in [0.15, 0.2) is 43.8 Å². The van der Waals surface area contributed by atoms with Crippen LogP contribution < -0.4 is 0 Å². The van der Waals surface area contributed by atoms with Gasteiger partial charge < -0.3 is 0 Å². The van der Waals surface area contributed by atoms with Crippen molar-refractivity contribution in [3.8, 4) is 0 Å². The third-order valence-corrected chi connectivity index (χ3v) is 6.94. The first-order valence-electron chi connectivity index (χ1n) is 5.95. The van der Waals surface area contributed by atoms with Crippen LogP contribution in [0.5, 0.6) is 0 Å². The lowest BCUT2D eigenvalue weighted by Crippen LogP contribution is -2.15. The Hall–Kier alpha value is -1.66. The predicted molar refractivity (Wildman–Crippen MR) is 83.2 cm³/mol. The van der Waals surface area contributed by atoms with Crippen molar-refractivity contribution >= 4 is 51.2 Å². The smallest absolute Gasteiger partial charge is 0.282 e. The summed E-state index contributed by atoms with van der Waals surface area (Å²) in [7, 11) is -21.4. The first-order chi connectivity index (χ1) is 11.4. The minimum absolute atomic E-state index is 0.344. The van der Waals surface area contributed by atoms with Gasteiger partial charge >= 0.3 is 0 Å². The predicted octanol–water partition coefficient (Wildman–Crippen LogP) is -0.173. The second-order valence-electron chi connectivity index (χ2n) is 4.82. The average Bonchev–Trinajstić information content (AvgIpc) is 2.40. The molecular formula is C10H8O12S4. The van der Waals surface area contributed by atoms with Crippen LogP contribution in [0.4, 0.5) is 0 Å². The van der Waals surface area contributed by atoms with E-state index in [2.05, 4.69) is 0 Å². The van der Waals surface area contributed by atoms with Gasteiger partial charge in [-0.05, 0) is 23.6 Å². The number of fused-ring (bicyclic) bond motifs is 1. The van der Waals surface area contributed by atoms with Crippen LogP contribution in [-0.4, -0.2) is 51.9 Å². The lowest BCUT2D eigenvalue weighted by Gasteiger charge is -2.13. The largest absolute Gasteiger partial charge is 0.297 e. The van der Waals surface area contributed by atoms with Gasteiger partial charge in [-0.1, -0.05) is 6.07 Å². The molecule has 0 spiro atoms. The summed E-state index contributed by atoms with van der Waals surface area (Å²) in [6.07, 6.45) is 0. The third kappa shape index (κ3) is 3.86. The molecule has 4 N–H and O–H groups in total. The quantitative estimate of drug-likeness (QED) is 0.448. The molecule has 26 heavy (non-hydrogen) atoms. The molecule has 0 aliphatic heterocycles. The second-order valence-corrected chi connectivity index (χ2v) is 10.3. The van der Waals surface area contributed by atoms with Crippen LogP contribution in [-0.2, 0) is 40.5 Å². The zero-order valence-electron chi connectivity index (χ0n) is 12.0. The molecule has 2 aromatic carbocycles. The molecule has 0 saturated carbocycles. The summed E-state index contributed by atoms with van der Waals surface area (Å²) < 4.78 is 128. The van der Waals surface area contributed by atoms with Gasteiger partial charge in [0.05, 0.1) is 4.90 Å². The lowest BCUT2D eigenvalue weighted by atomic mass is 10.1. The molecule has 0 bridgehead atoms. The van der Waals surface area contributed by atoms with Crippen LogP contribution in [0.1, 0.15) is 0 Å². The van der Waals surface area contributed by atoms with Crippen molar-refractivity contribution in [1.29, 1.82) is 0 Å². The zero-order valence-corrected chi connectivity index (χ0v) is 15.3. The van der Waals surface area contributed by atoms with Gasteiger partial charge in [0.1, 0.15) is 14.7 Å². The van der Waals surface area contributed by atoms with E-state index in [4.69, 9.17) is 9.11 Å². The van der Waals surface area contributed by atoms with Gasteiger partial charge in [-0.2, -0.15) is 33.7 Å². The fourth-order valence-electron chi connectivity index (χ4n) is 2.16. The summed E-state index contributed by atoms with van der Waals surface area (Å²) in [5.41, 5.74) is 0. The van der Waals surface area contributed by atoms with Crippen molar-refractivity contribution in [3.63, 3.8) is 0 Å². The summed E-state index contributed by atoms with van der Waals surface area (Å²) in [5.74, 6) is 0. The van der Waals surface area contributed by atoms with Crippen LogP contribution in [0.2, 0.25) is 0 Å². The molecule has 0 radical (unpaired) electrons. The molecule has 0 heterocycles. The van der Waals surface area contributed by atoms with Crippen molar-refractivity contribution < 1.29 is 51.9 Å². The normalized spacial score (nSPS) is 13.8. The Balaban J connectivity index is 3.31. The number of hydrogen-bond acceptors (Lipinski definition) is 8. The highest BCUT2D eigenvalue weighted by Gasteiger charge is 2.34. The van der Waals surface area contributed by atoms with E-state index in [1.54, 1.807) is 0 Å². The standard InChI is InChI=1S/C10H8O12S4/c11-23(12,13)6-1-2-7-5(3-6)4-8(24(14,15)16)10(26(20,21)22)9(7)25(17,18)19/h1-4H,(H,11,12,13)(H,14,15,16)(H,17,18,19)(H,20,21,22). The van der Waals surface area contributed by atoms with E-state index in [9.17, 15) is 42.8 Å². The minimum Gasteiger partial charge on any atom is -0.282 e. The molecule has 0 fully saturated rings. The van der Waals surface area contributed by atoms with Gasteiger partial charge in [-0.3, -0.25) is 18.2 Å². The van der Waals surface area contributed by atoms with Crippen LogP contribution in [0.25, 0.3) is 10.8 Å². The van der Waals surface area contributed by atoms with Gasteiger partial charge in [0.2, 0.25) is 0 Å². The summed E-state index contributed by atoms with van der Waals surface area (Å²) in [4.78, 5) is -5.89. The van der Waals surface area contributed by atoms with Crippen molar-refractivity contribution in [2.75, 3.05) is 0 Å². The number of benzene rings is 2. The fourth-order valence-corrected chi connectivity index (χ4v) is 6.08. The maximum absolute atomic E-state index is 11.6. The van der Waals surface area contributed by atoms with E-state index in [0.717, 1.165) is 0 Å². The van der Waals surface area contributed by atoms with Crippen LogP contribution >= 0.6 is 0 Å². The molecule has 0 atom stereocenters. The van der Waals surface area contributed by atoms with Gasteiger partial charge in [0, 0.05) is 5.39 Å². The maximum Gasteiger partial charge on any atom is 0.297 e. The summed E-state index contributed by atoms with van der Waals surface area (Å²) >= 11 is 0. The van der Waals surface area contributed by atoms with E-state index in [-0.39, 0.29) is 0 Å². The SMILES string of the molecule is O=S(=O)(O)c1ccc2c(S(=O)(=O)O)c(S(=O)(=O)O)c(S(=O)(=O)O)cc2c1. The van der Waals surface area contributed by atoms with Crippen molar-refractivity contribution in [3.05, 3.63) is 24.3 Å². The molecule has 12 nitrogen and oxygen atoms in total. The highest BCUT2D eigenvalue weighted by Crippen LogP contribution is 2.36. The highest BCUT2D eigenvalue weighted by molar-refractivity contribution is 7.90. The van der Waals surface area contributed by atoms with Crippen LogP contribution in [0.3, 0.4) is 0 Å². The number of rotatable bonds is 4. The highest BCUT2D eigenvalue weighted by atomic mass is 32.2. The monoisotopic (exact) mass is 448 g/mol. The lowest BCUT2D eigenvalue weighted by molar-refractivity contribution is 0.457. The summed E-state index contributed by atoms with van der Waals surface area (Å²) in [5, 5.41) is -1.31. The average molecular weight is 448 g/mol.